The van der Waals surface area contributed by atoms with Crippen molar-refractivity contribution in [3.05, 3.63) is 76.0 Å². The van der Waals surface area contributed by atoms with Crippen LogP contribution in [0.4, 0.5) is 11.5 Å². The highest BCUT2D eigenvalue weighted by Gasteiger charge is 2.31. The lowest BCUT2D eigenvalue weighted by atomic mass is 10.1. The second-order valence-electron chi connectivity index (χ2n) is 8.30. The van der Waals surface area contributed by atoms with E-state index < -0.39 is 20.9 Å². The van der Waals surface area contributed by atoms with Crippen molar-refractivity contribution in [2.75, 3.05) is 11.9 Å². The van der Waals surface area contributed by atoms with E-state index in [1.165, 1.54) is 45.4 Å². The maximum absolute atomic E-state index is 13.2. The zero-order valence-corrected chi connectivity index (χ0v) is 19.7. The Morgan fingerprint density at radius 2 is 1.88 bits per heavy atom. The summed E-state index contributed by atoms with van der Waals surface area (Å²) in [5.74, 6) is -0.138. The van der Waals surface area contributed by atoms with Gasteiger partial charge in [-0.15, -0.1) is 0 Å². The number of amides is 1. The first kappa shape index (κ1) is 23.6. The van der Waals surface area contributed by atoms with Crippen molar-refractivity contribution in [2.24, 2.45) is 0 Å². The van der Waals surface area contributed by atoms with Crippen LogP contribution in [0.1, 0.15) is 42.2 Å². The van der Waals surface area contributed by atoms with Crippen LogP contribution < -0.4 is 5.32 Å². The molecule has 178 valence electrons. The van der Waals surface area contributed by atoms with Crippen molar-refractivity contribution in [3.63, 3.8) is 0 Å². The molecule has 34 heavy (non-hydrogen) atoms. The third kappa shape index (κ3) is 4.70. The number of hydrogen-bond acceptors (Lipinski definition) is 6. The maximum atomic E-state index is 13.2. The van der Waals surface area contributed by atoms with Crippen LogP contribution in [-0.2, 0) is 10.0 Å². The SMILES string of the molecule is Cc1cc(NC(=O)c2cccc(S(=O)(=O)N3CCCCC3C)c2)n(-c2ccc([N+](=O)[O-])cc2)n1. The van der Waals surface area contributed by atoms with E-state index in [-0.39, 0.29) is 22.2 Å². The number of anilines is 1. The van der Waals surface area contributed by atoms with Crippen molar-refractivity contribution in [1.29, 1.82) is 0 Å². The molecule has 10 nitrogen and oxygen atoms in total. The number of aryl methyl sites for hydroxylation is 1. The summed E-state index contributed by atoms with van der Waals surface area (Å²) in [7, 11) is -3.72. The number of non-ortho nitro benzene ring substituents is 1. The quantitative estimate of drug-likeness (QED) is 0.418. The van der Waals surface area contributed by atoms with E-state index in [1.807, 2.05) is 6.92 Å². The molecule has 1 aliphatic rings. The van der Waals surface area contributed by atoms with Gasteiger partial charge in [0.2, 0.25) is 10.0 Å². The number of carbonyl (C=O) groups excluding carboxylic acids is 1. The van der Waals surface area contributed by atoms with Gasteiger partial charge in [0.05, 0.1) is 21.2 Å². The number of nitrogens with one attached hydrogen (secondary N) is 1. The molecule has 0 radical (unpaired) electrons. The lowest BCUT2D eigenvalue weighted by molar-refractivity contribution is -0.384. The lowest BCUT2D eigenvalue weighted by Crippen LogP contribution is -2.41. The number of nitro benzene ring substituents is 1. The van der Waals surface area contributed by atoms with Crippen LogP contribution in [0.25, 0.3) is 5.69 Å². The standard InChI is InChI=1S/C23H25N5O5S/c1-16-14-22(27(25-16)19-9-11-20(12-10-19)28(30)31)24-23(29)18-7-5-8-21(15-18)34(32,33)26-13-4-3-6-17(26)2/h5,7-12,14-15,17H,3-4,6,13H2,1-2H3,(H,24,29). The summed E-state index contributed by atoms with van der Waals surface area (Å²) in [6, 6.07) is 13.3. The number of sulfonamides is 1. The molecule has 1 fully saturated rings. The van der Waals surface area contributed by atoms with E-state index in [2.05, 4.69) is 10.4 Å². The summed E-state index contributed by atoms with van der Waals surface area (Å²) in [6.45, 7) is 4.12. The van der Waals surface area contributed by atoms with Gasteiger partial charge in [-0.05, 0) is 57.0 Å². The van der Waals surface area contributed by atoms with Crippen LogP contribution in [0.2, 0.25) is 0 Å². The molecule has 0 bridgehead atoms. The summed E-state index contributed by atoms with van der Waals surface area (Å²) in [6.07, 6.45) is 2.62. The van der Waals surface area contributed by atoms with Crippen molar-refractivity contribution in [2.45, 2.75) is 44.0 Å². The van der Waals surface area contributed by atoms with Crippen LogP contribution in [-0.4, -0.2) is 45.9 Å². The van der Waals surface area contributed by atoms with E-state index in [0.29, 0.717) is 23.7 Å². The molecule has 2 heterocycles. The molecule has 0 aliphatic carbocycles. The van der Waals surface area contributed by atoms with Gasteiger partial charge >= 0.3 is 0 Å². The van der Waals surface area contributed by atoms with Crippen LogP contribution >= 0.6 is 0 Å². The van der Waals surface area contributed by atoms with Gasteiger partial charge < -0.3 is 5.32 Å². The number of piperidine rings is 1. The predicted octanol–water partition coefficient (Wildman–Crippen LogP) is 3.90. The molecular formula is C23H25N5O5S. The summed E-state index contributed by atoms with van der Waals surface area (Å²) in [5.41, 5.74) is 1.30. The molecule has 1 aromatic heterocycles. The summed E-state index contributed by atoms with van der Waals surface area (Å²) in [5, 5.41) is 18.0. The zero-order valence-electron chi connectivity index (χ0n) is 18.8. The highest BCUT2D eigenvalue weighted by atomic mass is 32.2. The predicted molar refractivity (Wildman–Crippen MR) is 127 cm³/mol. The monoisotopic (exact) mass is 483 g/mol. The molecular weight excluding hydrogens is 458 g/mol. The molecule has 3 aromatic rings. The highest BCUT2D eigenvalue weighted by molar-refractivity contribution is 7.89. The second-order valence-corrected chi connectivity index (χ2v) is 10.2. The third-order valence-corrected chi connectivity index (χ3v) is 7.83. The number of carbonyl (C=O) groups is 1. The largest absolute Gasteiger partial charge is 0.306 e. The molecule has 1 saturated heterocycles. The van der Waals surface area contributed by atoms with Gasteiger partial charge in [0, 0.05) is 36.3 Å². The summed E-state index contributed by atoms with van der Waals surface area (Å²) < 4.78 is 29.3. The lowest BCUT2D eigenvalue weighted by Gasteiger charge is -2.32. The van der Waals surface area contributed by atoms with Crippen LogP contribution in [0.5, 0.6) is 0 Å². The average molecular weight is 484 g/mol. The van der Waals surface area contributed by atoms with Gasteiger partial charge in [0.15, 0.2) is 0 Å². The first-order valence-electron chi connectivity index (χ1n) is 10.9. The molecule has 1 N–H and O–H groups in total. The van der Waals surface area contributed by atoms with Crippen LogP contribution in [0.15, 0.2) is 59.5 Å². The van der Waals surface area contributed by atoms with Gasteiger partial charge in [-0.2, -0.15) is 9.40 Å². The van der Waals surface area contributed by atoms with Crippen molar-refractivity contribution in [1.82, 2.24) is 14.1 Å². The fourth-order valence-electron chi connectivity index (χ4n) is 4.05. The van der Waals surface area contributed by atoms with Crippen LogP contribution in [0.3, 0.4) is 0 Å². The highest BCUT2D eigenvalue weighted by Crippen LogP contribution is 2.26. The molecule has 1 unspecified atom stereocenters. The Labute approximate surface area is 197 Å². The van der Waals surface area contributed by atoms with E-state index in [4.69, 9.17) is 0 Å². The topological polar surface area (TPSA) is 127 Å². The molecule has 4 rings (SSSR count). The van der Waals surface area contributed by atoms with Gasteiger partial charge in [-0.1, -0.05) is 12.5 Å². The van der Waals surface area contributed by atoms with E-state index in [1.54, 1.807) is 25.1 Å². The smallest absolute Gasteiger partial charge is 0.269 e. The third-order valence-electron chi connectivity index (χ3n) is 5.82. The Balaban J connectivity index is 1.59. The van der Waals surface area contributed by atoms with Gasteiger partial charge in [0.25, 0.3) is 11.6 Å². The van der Waals surface area contributed by atoms with Gasteiger partial charge in [-0.3, -0.25) is 14.9 Å². The Morgan fingerprint density at radius 1 is 1.15 bits per heavy atom. The minimum Gasteiger partial charge on any atom is -0.306 e. The fourth-order valence-corrected chi connectivity index (χ4v) is 5.80. The van der Waals surface area contributed by atoms with Gasteiger partial charge in [-0.25, -0.2) is 13.1 Å². The number of nitrogens with zero attached hydrogens (tertiary/aromatic N) is 4. The van der Waals surface area contributed by atoms with E-state index in [0.717, 1.165) is 19.3 Å². The Bertz CT molecular complexity index is 1330. The number of hydrogen-bond donors (Lipinski definition) is 1. The van der Waals surface area contributed by atoms with E-state index >= 15 is 0 Å². The van der Waals surface area contributed by atoms with Crippen molar-refractivity contribution < 1.29 is 18.1 Å². The minimum absolute atomic E-state index is 0.0562. The first-order chi connectivity index (χ1) is 16.2. The molecule has 0 saturated carbocycles. The Kier molecular flexibility index (Phi) is 6.49. The van der Waals surface area contributed by atoms with Crippen LogP contribution in [0, 0.1) is 17.0 Å². The zero-order chi connectivity index (χ0) is 24.5. The molecule has 0 spiro atoms. The number of rotatable bonds is 6. The normalized spacial score (nSPS) is 16.8. The molecule has 1 atom stereocenters. The Hall–Kier alpha value is -3.57. The minimum atomic E-state index is -3.72. The maximum Gasteiger partial charge on any atom is 0.269 e. The number of aromatic nitrogens is 2. The number of nitro groups is 1. The van der Waals surface area contributed by atoms with Crippen molar-refractivity contribution >= 4 is 27.4 Å². The molecule has 11 heteroatoms. The number of benzene rings is 2. The average Bonchev–Trinajstić information content (AvgIpc) is 3.19. The first-order valence-corrected chi connectivity index (χ1v) is 12.4. The second kappa shape index (κ2) is 9.35. The summed E-state index contributed by atoms with van der Waals surface area (Å²) >= 11 is 0. The molecule has 2 aromatic carbocycles. The molecule has 1 aliphatic heterocycles. The fraction of sp³-hybridized carbons (Fsp3) is 0.304. The van der Waals surface area contributed by atoms with Gasteiger partial charge in [0.1, 0.15) is 5.82 Å². The Morgan fingerprint density at radius 3 is 2.56 bits per heavy atom. The van der Waals surface area contributed by atoms with Crippen molar-refractivity contribution in [3.8, 4) is 5.69 Å². The van der Waals surface area contributed by atoms with E-state index in [9.17, 15) is 23.3 Å². The summed E-state index contributed by atoms with van der Waals surface area (Å²) in [4.78, 5) is 23.5. The molecule has 1 amide bonds.